The maximum Gasteiger partial charge on any atom is 0.118 e. The molecular formula is C15H16O3. The fourth-order valence-corrected chi connectivity index (χ4v) is 1.54. The van der Waals surface area contributed by atoms with E-state index in [0.29, 0.717) is 17.6 Å². The minimum Gasteiger partial charge on any atom is -0.508 e. The third-order valence-electron chi connectivity index (χ3n) is 2.60. The topological polar surface area (TPSA) is 53.0 Å². The quantitative estimate of drug-likeness (QED) is 0.799. The summed E-state index contributed by atoms with van der Waals surface area (Å²) in [6.45, 7) is 0.842. The molecule has 3 nitrogen and oxygen atoms in total. The van der Waals surface area contributed by atoms with Crippen molar-refractivity contribution in [3.8, 4) is 11.5 Å². The van der Waals surface area contributed by atoms with E-state index in [4.69, 9.17) is 9.84 Å². The summed E-state index contributed by atoms with van der Waals surface area (Å²) in [7, 11) is 0. The van der Waals surface area contributed by atoms with Crippen molar-refractivity contribution in [1.29, 1.82) is 0 Å². The van der Waals surface area contributed by atoms with Gasteiger partial charge in [-0.15, -0.1) is 0 Å². The van der Waals surface area contributed by atoms with Gasteiger partial charge in [-0.2, -0.15) is 0 Å². The van der Waals surface area contributed by atoms with Gasteiger partial charge in [0.15, 0.2) is 0 Å². The average molecular weight is 244 g/mol. The Balaban J connectivity index is 0.000000149. The summed E-state index contributed by atoms with van der Waals surface area (Å²) in [6, 6.07) is 16.1. The Bertz CT molecular complexity index is 478. The van der Waals surface area contributed by atoms with Gasteiger partial charge in [0.2, 0.25) is 0 Å². The van der Waals surface area contributed by atoms with Gasteiger partial charge < -0.3 is 14.9 Å². The predicted octanol–water partition coefficient (Wildman–Crippen LogP) is 2.73. The Morgan fingerprint density at radius 2 is 1.56 bits per heavy atom. The molecule has 1 atom stereocenters. The van der Waals surface area contributed by atoms with E-state index >= 15 is 0 Å². The number of phenols is 2. The summed E-state index contributed by atoms with van der Waals surface area (Å²) in [4.78, 5) is 0. The summed E-state index contributed by atoms with van der Waals surface area (Å²) < 4.78 is 5.06. The number of rotatable bonds is 2. The van der Waals surface area contributed by atoms with E-state index in [-0.39, 0.29) is 0 Å². The number of phenolic OH excluding ortho intramolecular Hbond substituents is 2. The molecule has 1 saturated heterocycles. The van der Waals surface area contributed by atoms with Gasteiger partial charge in [0.25, 0.3) is 0 Å². The van der Waals surface area contributed by atoms with Crippen LogP contribution in [0.4, 0.5) is 0 Å². The second-order valence-electron chi connectivity index (χ2n) is 4.12. The van der Waals surface area contributed by atoms with E-state index < -0.39 is 0 Å². The highest BCUT2D eigenvalue weighted by Crippen LogP contribution is 2.22. The van der Waals surface area contributed by atoms with E-state index in [1.165, 1.54) is 0 Å². The number of ether oxygens (including phenoxy) is 1. The highest BCUT2D eigenvalue weighted by atomic mass is 16.6. The molecule has 3 rings (SSSR count). The van der Waals surface area contributed by atoms with Crippen molar-refractivity contribution in [3.05, 3.63) is 60.2 Å². The van der Waals surface area contributed by atoms with Crippen LogP contribution < -0.4 is 0 Å². The van der Waals surface area contributed by atoms with Gasteiger partial charge >= 0.3 is 0 Å². The van der Waals surface area contributed by atoms with Crippen molar-refractivity contribution in [3.63, 3.8) is 0 Å². The number of para-hydroxylation sites is 2. The normalized spacial score (nSPS) is 16.6. The second-order valence-corrected chi connectivity index (χ2v) is 4.12. The molecule has 0 radical (unpaired) electrons. The van der Waals surface area contributed by atoms with Crippen molar-refractivity contribution in [2.24, 2.45) is 0 Å². The SMILES string of the molecule is Oc1ccccc1.Oc1ccccc1C[C@H]1CO1. The monoisotopic (exact) mass is 244 g/mol. The van der Waals surface area contributed by atoms with Gasteiger partial charge in [0.1, 0.15) is 11.5 Å². The van der Waals surface area contributed by atoms with Crippen molar-refractivity contribution < 1.29 is 14.9 Å². The highest BCUT2D eigenvalue weighted by molar-refractivity contribution is 5.32. The third-order valence-corrected chi connectivity index (χ3v) is 2.60. The van der Waals surface area contributed by atoms with Crippen LogP contribution in [0.5, 0.6) is 11.5 Å². The molecule has 2 N–H and O–H groups in total. The van der Waals surface area contributed by atoms with Gasteiger partial charge in [0.05, 0.1) is 12.7 Å². The van der Waals surface area contributed by atoms with Crippen LogP contribution in [0.2, 0.25) is 0 Å². The molecule has 2 aromatic rings. The summed E-state index contributed by atoms with van der Waals surface area (Å²) in [5, 5.41) is 18.0. The van der Waals surface area contributed by atoms with Crippen LogP contribution in [-0.2, 0) is 11.2 Å². The maximum atomic E-state index is 9.33. The standard InChI is InChI=1S/C9H10O2.C6H6O/c10-9-4-2-1-3-7(9)5-8-6-11-8;7-6-4-2-1-3-5-6/h1-4,8,10H,5-6H2;1-5,7H/t8-;/m0./s1. The van der Waals surface area contributed by atoms with Crippen molar-refractivity contribution in [1.82, 2.24) is 0 Å². The molecule has 0 aliphatic carbocycles. The molecule has 1 aliphatic heterocycles. The lowest BCUT2D eigenvalue weighted by atomic mass is 10.1. The molecule has 0 bridgehead atoms. The smallest absolute Gasteiger partial charge is 0.118 e. The van der Waals surface area contributed by atoms with Gasteiger partial charge in [0, 0.05) is 6.42 Å². The second kappa shape index (κ2) is 6.07. The first-order valence-corrected chi connectivity index (χ1v) is 5.88. The van der Waals surface area contributed by atoms with Crippen LogP contribution in [0.1, 0.15) is 5.56 Å². The van der Waals surface area contributed by atoms with E-state index in [9.17, 15) is 5.11 Å². The molecule has 94 valence electrons. The first kappa shape index (κ1) is 12.5. The van der Waals surface area contributed by atoms with Gasteiger partial charge in [-0.3, -0.25) is 0 Å². The van der Waals surface area contributed by atoms with Crippen LogP contribution >= 0.6 is 0 Å². The molecule has 0 spiro atoms. The molecule has 0 amide bonds. The molecule has 1 aliphatic rings. The fourth-order valence-electron chi connectivity index (χ4n) is 1.54. The number of hydrogen-bond donors (Lipinski definition) is 2. The highest BCUT2D eigenvalue weighted by Gasteiger charge is 2.23. The molecule has 1 fully saturated rings. The lowest BCUT2D eigenvalue weighted by Gasteiger charge is -1.99. The summed E-state index contributed by atoms with van der Waals surface area (Å²) in [6.07, 6.45) is 1.19. The van der Waals surface area contributed by atoms with Gasteiger partial charge in [-0.05, 0) is 23.8 Å². The minimum atomic E-state index is 0.322. The van der Waals surface area contributed by atoms with Gasteiger partial charge in [-0.1, -0.05) is 36.4 Å². The number of aromatic hydroxyl groups is 2. The zero-order valence-corrected chi connectivity index (χ0v) is 9.99. The first-order chi connectivity index (χ1) is 8.75. The molecule has 0 unspecified atom stereocenters. The van der Waals surface area contributed by atoms with Crippen LogP contribution in [0.15, 0.2) is 54.6 Å². The lowest BCUT2D eigenvalue weighted by molar-refractivity contribution is 0.402. The molecular weight excluding hydrogens is 228 g/mol. The first-order valence-electron chi connectivity index (χ1n) is 5.88. The Morgan fingerprint density at radius 1 is 0.944 bits per heavy atom. The van der Waals surface area contributed by atoms with E-state index in [0.717, 1.165) is 18.6 Å². The van der Waals surface area contributed by atoms with Crippen molar-refractivity contribution >= 4 is 0 Å². The Hall–Kier alpha value is -2.00. The number of benzene rings is 2. The lowest BCUT2D eigenvalue weighted by Crippen LogP contribution is -1.92. The summed E-state index contributed by atoms with van der Waals surface area (Å²) in [5.74, 6) is 0.700. The zero-order chi connectivity index (χ0) is 12.8. The fraction of sp³-hybridized carbons (Fsp3) is 0.200. The zero-order valence-electron chi connectivity index (χ0n) is 9.99. The van der Waals surface area contributed by atoms with Gasteiger partial charge in [-0.25, -0.2) is 0 Å². The average Bonchev–Trinajstić information content (AvgIpc) is 3.18. The van der Waals surface area contributed by atoms with E-state index in [1.54, 1.807) is 30.3 Å². The van der Waals surface area contributed by atoms with Crippen LogP contribution in [0, 0.1) is 0 Å². The predicted molar refractivity (Wildman–Crippen MR) is 69.7 cm³/mol. The van der Waals surface area contributed by atoms with Crippen LogP contribution in [0.3, 0.4) is 0 Å². The Kier molecular flexibility index (Phi) is 4.20. The number of hydrogen-bond acceptors (Lipinski definition) is 3. The van der Waals surface area contributed by atoms with Crippen molar-refractivity contribution in [2.75, 3.05) is 6.61 Å². The van der Waals surface area contributed by atoms with Crippen LogP contribution in [0.25, 0.3) is 0 Å². The molecule has 0 aromatic heterocycles. The Morgan fingerprint density at radius 3 is 2.06 bits per heavy atom. The number of epoxide rings is 1. The van der Waals surface area contributed by atoms with E-state index in [2.05, 4.69) is 0 Å². The molecule has 1 heterocycles. The van der Waals surface area contributed by atoms with Crippen molar-refractivity contribution in [2.45, 2.75) is 12.5 Å². The Labute approximate surface area is 106 Å². The molecule has 0 saturated carbocycles. The molecule has 3 heteroatoms. The minimum absolute atomic E-state index is 0.322. The largest absolute Gasteiger partial charge is 0.508 e. The maximum absolute atomic E-state index is 9.33. The summed E-state index contributed by atoms with van der Waals surface area (Å²) >= 11 is 0. The summed E-state index contributed by atoms with van der Waals surface area (Å²) in [5.41, 5.74) is 0.981. The molecule has 18 heavy (non-hydrogen) atoms. The van der Waals surface area contributed by atoms with Crippen LogP contribution in [-0.4, -0.2) is 22.9 Å². The molecule has 2 aromatic carbocycles. The van der Waals surface area contributed by atoms with E-state index in [1.807, 2.05) is 24.3 Å². The third kappa shape index (κ3) is 4.11.